The number of hydrogen-bond acceptors (Lipinski definition) is 5. The molecule has 7 nitrogen and oxygen atoms in total. The zero-order chi connectivity index (χ0) is 30.6. The van der Waals surface area contributed by atoms with Crippen LogP contribution in [0.2, 0.25) is 0 Å². The average molecular weight is 648 g/mol. The standard InChI is InChI=1S/C36H27BrN2O5/c1-23-6-8-24(9-7-23)22-44-33-19-12-26-4-2-3-5-30(26)31(33)20-32-34(40)38-36(42)39(35(32)41)28-15-17-29(18-16-28)43-21-25-10-13-27(37)14-11-25/h2-20H,21-22H2,1H3,(H,38,40,42)/b32-20+. The highest BCUT2D eigenvalue weighted by Crippen LogP contribution is 2.33. The Morgan fingerprint density at radius 2 is 1.41 bits per heavy atom. The van der Waals surface area contributed by atoms with Crippen molar-refractivity contribution < 1.29 is 23.9 Å². The van der Waals surface area contributed by atoms with Gasteiger partial charge in [-0.05, 0) is 77.4 Å². The second-order valence-electron chi connectivity index (χ2n) is 10.3. The topological polar surface area (TPSA) is 84.9 Å². The Morgan fingerprint density at radius 1 is 0.750 bits per heavy atom. The van der Waals surface area contributed by atoms with Gasteiger partial charge in [-0.15, -0.1) is 0 Å². The Morgan fingerprint density at radius 3 is 2.14 bits per heavy atom. The maximum Gasteiger partial charge on any atom is 0.335 e. The lowest BCUT2D eigenvalue weighted by atomic mass is 9.99. The molecule has 1 fully saturated rings. The molecule has 0 bridgehead atoms. The number of benzene rings is 5. The molecule has 0 unspecified atom stereocenters. The van der Waals surface area contributed by atoms with Crippen LogP contribution in [0.5, 0.6) is 11.5 Å². The Bertz CT molecular complexity index is 1900. The van der Waals surface area contributed by atoms with E-state index in [4.69, 9.17) is 9.47 Å². The average Bonchev–Trinajstić information content (AvgIpc) is 3.03. The number of nitrogens with one attached hydrogen (secondary N) is 1. The first-order valence-electron chi connectivity index (χ1n) is 13.9. The Labute approximate surface area is 262 Å². The molecule has 0 radical (unpaired) electrons. The Balaban J connectivity index is 1.28. The van der Waals surface area contributed by atoms with Crippen molar-refractivity contribution >= 4 is 56.3 Å². The van der Waals surface area contributed by atoms with Crippen molar-refractivity contribution in [2.45, 2.75) is 20.1 Å². The summed E-state index contributed by atoms with van der Waals surface area (Å²) in [6, 6.07) is 32.9. The minimum absolute atomic E-state index is 0.184. The summed E-state index contributed by atoms with van der Waals surface area (Å²) >= 11 is 3.42. The quantitative estimate of drug-likeness (QED) is 0.138. The van der Waals surface area contributed by atoms with E-state index < -0.39 is 17.8 Å². The second-order valence-corrected chi connectivity index (χ2v) is 11.3. The van der Waals surface area contributed by atoms with E-state index in [0.717, 1.165) is 36.8 Å². The van der Waals surface area contributed by atoms with Crippen LogP contribution in [-0.4, -0.2) is 17.8 Å². The number of imide groups is 2. The summed E-state index contributed by atoms with van der Waals surface area (Å²) in [5.41, 5.74) is 3.81. The molecule has 0 aliphatic carbocycles. The van der Waals surface area contributed by atoms with Crippen LogP contribution in [0.1, 0.15) is 22.3 Å². The number of aryl methyl sites for hydroxylation is 1. The summed E-state index contributed by atoms with van der Waals surface area (Å²) in [7, 11) is 0. The first-order chi connectivity index (χ1) is 21.4. The molecule has 0 aromatic heterocycles. The van der Waals surface area contributed by atoms with Gasteiger partial charge in [-0.25, -0.2) is 9.69 Å². The Kier molecular flexibility index (Phi) is 8.25. The minimum Gasteiger partial charge on any atom is -0.489 e. The van der Waals surface area contributed by atoms with Gasteiger partial charge < -0.3 is 9.47 Å². The second kappa shape index (κ2) is 12.6. The van der Waals surface area contributed by atoms with Gasteiger partial charge in [-0.1, -0.05) is 88.2 Å². The van der Waals surface area contributed by atoms with E-state index in [1.165, 1.54) is 6.08 Å². The summed E-state index contributed by atoms with van der Waals surface area (Å²) in [4.78, 5) is 40.6. The van der Waals surface area contributed by atoms with Crippen molar-refractivity contribution in [2.24, 2.45) is 0 Å². The van der Waals surface area contributed by atoms with Crippen molar-refractivity contribution in [1.82, 2.24) is 5.32 Å². The molecule has 5 aromatic carbocycles. The molecule has 1 N–H and O–H groups in total. The van der Waals surface area contributed by atoms with Gasteiger partial charge in [0.1, 0.15) is 30.3 Å². The summed E-state index contributed by atoms with van der Waals surface area (Å²) in [5.74, 6) is -0.435. The predicted molar refractivity (Wildman–Crippen MR) is 173 cm³/mol. The SMILES string of the molecule is Cc1ccc(COc2ccc3ccccc3c2/C=C2\C(=O)NC(=O)N(c3ccc(OCc4ccc(Br)cc4)cc3)C2=O)cc1. The molecule has 1 aliphatic rings. The molecule has 8 heteroatoms. The molecular weight excluding hydrogens is 620 g/mol. The van der Waals surface area contributed by atoms with Gasteiger partial charge in [0.15, 0.2) is 0 Å². The smallest absolute Gasteiger partial charge is 0.335 e. The zero-order valence-electron chi connectivity index (χ0n) is 23.8. The van der Waals surface area contributed by atoms with E-state index >= 15 is 0 Å². The number of rotatable bonds is 8. The first-order valence-corrected chi connectivity index (χ1v) is 14.7. The van der Waals surface area contributed by atoms with E-state index in [-0.39, 0.29) is 5.57 Å². The molecule has 218 valence electrons. The first kappa shape index (κ1) is 28.9. The van der Waals surface area contributed by atoms with E-state index in [2.05, 4.69) is 21.2 Å². The summed E-state index contributed by atoms with van der Waals surface area (Å²) in [6.07, 6.45) is 1.50. The third-order valence-electron chi connectivity index (χ3n) is 7.25. The fourth-order valence-corrected chi connectivity index (χ4v) is 5.14. The summed E-state index contributed by atoms with van der Waals surface area (Å²) in [5, 5.41) is 4.03. The molecule has 1 aliphatic heterocycles. The van der Waals surface area contributed by atoms with E-state index in [9.17, 15) is 14.4 Å². The lowest BCUT2D eigenvalue weighted by Crippen LogP contribution is -2.54. The Hall–Kier alpha value is -5.21. The van der Waals surface area contributed by atoms with E-state index in [1.807, 2.05) is 91.9 Å². The number of ether oxygens (including phenoxy) is 2. The van der Waals surface area contributed by atoms with Crippen LogP contribution >= 0.6 is 15.9 Å². The van der Waals surface area contributed by atoms with Crippen LogP contribution in [-0.2, 0) is 22.8 Å². The summed E-state index contributed by atoms with van der Waals surface area (Å²) in [6.45, 7) is 2.68. The lowest BCUT2D eigenvalue weighted by Gasteiger charge is -2.26. The van der Waals surface area contributed by atoms with Crippen LogP contribution in [0.25, 0.3) is 16.8 Å². The highest BCUT2D eigenvalue weighted by Gasteiger charge is 2.37. The molecule has 1 heterocycles. The highest BCUT2D eigenvalue weighted by molar-refractivity contribution is 9.10. The van der Waals surface area contributed by atoms with Crippen molar-refractivity contribution in [3.8, 4) is 11.5 Å². The third kappa shape index (κ3) is 6.26. The normalized spacial score (nSPS) is 14.2. The van der Waals surface area contributed by atoms with Crippen molar-refractivity contribution in [1.29, 1.82) is 0 Å². The largest absolute Gasteiger partial charge is 0.489 e. The van der Waals surface area contributed by atoms with Gasteiger partial charge in [0.2, 0.25) is 0 Å². The minimum atomic E-state index is -0.825. The van der Waals surface area contributed by atoms with E-state index in [1.54, 1.807) is 24.3 Å². The van der Waals surface area contributed by atoms with Gasteiger partial charge in [-0.3, -0.25) is 14.9 Å². The van der Waals surface area contributed by atoms with Crippen molar-refractivity contribution in [3.63, 3.8) is 0 Å². The molecule has 6 rings (SSSR count). The molecule has 1 saturated heterocycles. The highest BCUT2D eigenvalue weighted by atomic mass is 79.9. The summed E-state index contributed by atoms with van der Waals surface area (Å²) < 4.78 is 13.0. The maximum atomic E-state index is 13.7. The number of nitrogens with zero attached hydrogens (tertiary/aromatic N) is 1. The van der Waals surface area contributed by atoms with Crippen LogP contribution < -0.4 is 19.7 Å². The number of urea groups is 1. The van der Waals surface area contributed by atoms with Crippen LogP contribution in [0.15, 0.2) is 119 Å². The number of anilines is 1. The molecule has 5 aromatic rings. The zero-order valence-corrected chi connectivity index (χ0v) is 25.3. The number of hydrogen-bond donors (Lipinski definition) is 1. The van der Waals surface area contributed by atoms with Gasteiger partial charge in [0.25, 0.3) is 11.8 Å². The van der Waals surface area contributed by atoms with Gasteiger partial charge in [0.05, 0.1) is 5.69 Å². The molecule has 44 heavy (non-hydrogen) atoms. The molecule has 0 atom stereocenters. The van der Waals surface area contributed by atoms with E-state index in [0.29, 0.717) is 36.0 Å². The molecule has 0 spiro atoms. The number of amides is 4. The number of fused-ring (bicyclic) bond motifs is 1. The number of carbonyl (C=O) groups is 3. The van der Waals surface area contributed by atoms with Crippen LogP contribution in [0.3, 0.4) is 0 Å². The monoisotopic (exact) mass is 646 g/mol. The van der Waals surface area contributed by atoms with Crippen molar-refractivity contribution in [3.05, 3.63) is 141 Å². The third-order valence-corrected chi connectivity index (χ3v) is 7.78. The van der Waals surface area contributed by atoms with Crippen LogP contribution in [0.4, 0.5) is 10.5 Å². The number of barbiturate groups is 1. The molecule has 4 amide bonds. The lowest BCUT2D eigenvalue weighted by molar-refractivity contribution is -0.122. The van der Waals surface area contributed by atoms with Gasteiger partial charge in [-0.2, -0.15) is 0 Å². The predicted octanol–water partition coefficient (Wildman–Crippen LogP) is 7.74. The van der Waals surface area contributed by atoms with Gasteiger partial charge >= 0.3 is 6.03 Å². The van der Waals surface area contributed by atoms with Gasteiger partial charge in [0, 0.05) is 10.0 Å². The number of carbonyl (C=O) groups excluding carboxylic acids is 3. The fraction of sp³-hybridized carbons (Fsp3) is 0.0833. The van der Waals surface area contributed by atoms with Crippen LogP contribution in [0, 0.1) is 6.92 Å². The molecular formula is C36H27BrN2O5. The molecule has 0 saturated carbocycles. The van der Waals surface area contributed by atoms with Crippen molar-refractivity contribution in [2.75, 3.05) is 4.90 Å². The maximum absolute atomic E-state index is 13.7. The fourth-order valence-electron chi connectivity index (χ4n) is 4.87. The number of halogens is 1.